The molecule has 114 valence electrons. The predicted molar refractivity (Wildman–Crippen MR) is 73.4 cm³/mol. The molecule has 1 aromatic rings. The van der Waals surface area contributed by atoms with Crippen molar-refractivity contribution in [3.63, 3.8) is 0 Å². The van der Waals surface area contributed by atoms with Gasteiger partial charge in [0, 0.05) is 31.8 Å². The first-order chi connectivity index (χ1) is 10.00. The highest BCUT2D eigenvalue weighted by Gasteiger charge is 2.42. The van der Waals surface area contributed by atoms with E-state index in [1.807, 2.05) is 0 Å². The maximum atomic E-state index is 12.7. The Kier molecular flexibility index (Phi) is 3.66. The van der Waals surface area contributed by atoms with Gasteiger partial charge in [-0.05, 0) is 12.1 Å². The van der Waals surface area contributed by atoms with E-state index in [4.69, 9.17) is 4.74 Å². The average Bonchev–Trinajstić information content (AvgIpc) is 2.95. The van der Waals surface area contributed by atoms with Crippen molar-refractivity contribution in [2.75, 3.05) is 26.2 Å². The first kappa shape index (κ1) is 14.4. The maximum absolute atomic E-state index is 12.7. The van der Waals surface area contributed by atoms with E-state index in [-0.39, 0.29) is 22.7 Å². The summed E-state index contributed by atoms with van der Waals surface area (Å²) >= 11 is 0. The van der Waals surface area contributed by atoms with Crippen molar-refractivity contribution < 1.29 is 18.1 Å². The van der Waals surface area contributed by atoms with Crippen LogP contribution in [0, 0.1) is 10.1 Å². The number of fused-ring (bicyclic) bond motifs is 1. The van der Waals surface area contributed by atoms with Crippen LogP contribution in [-0.2, 0) is 14.8 Å². The molecule has 0 spiro atoms. The van der Waals surface area contributed by atoms with Crippen molar-refractivity contribution in [3.8, 4) is 0 Å². The van der Waals surface area contributed by atoms with Gasteiger partial charge in [-0.2, -0.15) is 4.31 Å². The summed E-state index contributed by atoms with van der Waals surface area (Å²) in [7, 11) is -3.67. The molecule has 1 N–H and O–H groups in total. The van der Waals surface area contributed by atoms with Gasteiger partial charge in [0.2, 0.25) is 10.0 Å². The molecule has 0 amide bonds. The van der Waals surface area contributed by atoms with Gasteiger partial charge < -0.3 is 10.1 Å². The number of benzene rings is 1. The molecular weight excluding hydrogens is 298 g/mol. The number of nitrogens with one attached hydrogen (secondary N) is 1. The summed E-state index contributed by atoms with van der Waals surface area (Å²) in [5, 5.41) is 13.8. The first-order valence-electron chi connectivity index (χ1n) is 6.59. The van der Waals surface area contributed by atoms with Crippen LogP contribution in [0.4, 0.5) is 5.69 Å². The molecule has 0 aliphatic carbocycles. The standard InChI is InChI=1S/C12H15N3O5S/c16-15(17)9-1-3-10(4-2-9)21(18,19)14-5-6-20-12-8-13-7-11(12)14/h1-4,11-13H,5-8H2/t11-,12+/m0/s1. The largest absolute Gasteiger partial charge is 0.374 e. The van der Waals surface area contributed by atoms with Crippen molar-refractivity contribution in [1.29, 1.82) is 0 Å². The number of morpholine rings is 1. The SMILES string of the molecule is O=[N+]([O-])c1ccc(S(=O)(=O)N2CCO[C@@H]3CNC[C@@H]32)cc1. The summed E-state index contributed by atoms with van der Waals surface area (Å²) < 4.78 is 32.4. The number of hydrogen-bond donors (Lipinski definition) is 1. The first-order valence-corrected chi connectivity index (χ1v) is 8.03. The van der Waals surface area contributed by atoms with E-state index in [1.54, 1.807) is 0 Å². The predicted octanol–water partition coefficient (Wildman–Crippen LogP) is -0.0439. The summed E-state index contributed by atoms with van der Waals surface area (Å²) in [4.78, 5) is 10.2. The molecule has 21 heavy (non-hydrogen) atoms. The Labute approximate surface area is 121 Å². The van der Waals surface area contributed by atoms with Gasteiger partial charge in [0.05, 0.1) is 28.6 Å². The number of rotatable bonds is 3. The van der Waals surface area contributed by atoms with Crippen LogP contribution in [-0.4, -0.2) is 56.0 Å². The van der Waals surface area contributed by atoms with E-state index in [9.17, 15) is 18.5 Å². The minimum Gasteiger partial charge on any atom is -0.374 e. The highest BCUT2D eigenvalue weighted by atomic mass is 32.2. The summed E-state index contributed by atoms with van der Waals surface area (Å²) in [5.74, 6) is 0. The second kappa shape index (κ2) is 5.34. The van der Waals surface area contributed by atoms with Crippen LogP contribution >= 0.6 is 0 Å². The van der Waals surface area contributed by atoms with Crippen LogP contribution in [0.2, 0.25) is 0 Å². The second-order valence-electron chi connectivity index (χ2n) is 5.00. The summed E-state index contributed by atoms with van der Waals surface area (Å²) in [6, 6.07) is 4.75. The Morgan fingerprint density at radius 3 is 2.67 bits per heavy atom. The summed E-state index contributed by atoms with van der Waals surface area (Å²) in [6.45, 7) is 1.84. The highest BCUT2D eigenvalue weighted by molar-refractivity contribution is 7.89. The van der Waals surface area contributed by atoms with Gasteiger partial charge >= 0.3 is 0 Å². The zero-order chi connectivity index (χ0) is 15.0. The van der Waals surface area contributed by atoms with Crippen molar-refractivity contribution >= 4 is 15.7 Å². The molecule has 3 rings (SSSR count). The molecule has 2 heterocycles. The van der Waals surface area contributed by atoms with Crippen LogP contribution in [0.5, 0.6) is 0 Å². The van der Waals surface area contributed by atoms with Gasteiger partial charge in [-0.15, -0.1) is 0 Å². The zero-order valence-corrected chi connectivity index (χ0v) is 12.0. The van der Waals surface area contributed by atoms with Gasteiger partial charge in [0.15, 0.2) is 0 Å². The Balaban J connectivity index is 1.90. The average molecular weight is 313 g/mol. The molecule has 2 atom stereocenters. The molecule has 0 unspecified atom stereocenters. The molecule has 0 radical (unpaired) electrons. The van der Waals surface area contributed by atoms with Crippen molar-refractivity contribution in [2.24, 2.45) is 0 Å². The lowest BCUT2D eigenvalue weighted by atomic mass is 10.2. The smallest absolute Gasteiger partial charge is 0.269 e. The fourth-order valence-corrected chi connectivity index (χ4v) is 4.36. The number of hydrogen-bond acceptors (Lipinski definition) is 6. The van der Waals surface area contributed by atoms with E-state index in [1.165, 1.54) is 28.6 Å². The molecule has 9 heteroatoms. The minimum atomic E-state index is -3.67. The molecule has 8 nitrogen and oxygen atoms in total. The lowest BCUT2D eigenvalue weighted by Crippen LogP contribution is -2.53. The highest BCUT2D eigenvalue weighted by Crippen LogP contribution is 2.26. The van der Waals surface area contributed by atoms with Crippen LogP contribution in [0.1, 0.15) is 0 Å². The van der Waals surface area contributed by atoms with Crippen LogP contribution in [0.15, 0.2) is 29.2 Å². The number of non-ortho nitro benzene ring substituents is 1. The quantitative estimate of drug-likeness (QED) is 0.620. The minimum absolute atomic E-state index is 0.0700. The Morgan fingerprint density at radius 1 is 1.29 bits per heavy atom. The molecule has 0 saturated carbocycles. The van der Waals surface area contributed by atoms with Gasteiger partial charge in [0.1, 0.15) is 0 Å². The maximum Gasteiger partial charge on any atom is 0.269 e. The Hall–Kier alpha value is -1.55. The number of nitro benzene ring substituents is 1. The second-order valence-corrected chi connectivity index (χ2v) is 6.89. The third kappa shape index (κ3) is 2.53. The fraction of sp³-hybridized carbons (Fsp3) is 0.500. The van der Waals surface area contributed by atoms with Crippen LogP contribution in [0.25, 0.3) is 0 Å². The molecule has 2 aliphatic heterocycles. The van der Waals surface area contributed by atoms with Crippen molar-refractivity contribution in [3.05, 3.63) is 34.4 Å². The number of sulfonamides is 1. The van der Waals surface area contributed by atoms with Gasteiger partial charge in [-0.25, -0.2) is 8.42 Å². The molecule has 0 bridgehead atoms. The fourth-order valence-electron chi connectivity index (χ4n) is 2.73. The topological polar surface area (TPSA) is 102 Å². The third-order valence-corrected chi connectivity index (χ3v) is 5.73. The molecule has 2 saturated heterocycles. The van der Waals surface area contributed by atoms with Crippen molar-refractivity contribution in [2.45, 2.75) is 17.0 Å². The van der Waals surface area contributed by atoms with Crippen molar-refractivity contribution in [1.82, 2.24) is 9.62 Å². The van der Waals surface area contributed by atoms with E-state index in [0.29, 0.717) is 26.2 Å². The van der Waals surface area contributed by atoms with E-state index < -0.39 is 14.9 Å². The third-order valence-electron chi connectivity index (χ3n) is 3.80. The Bertz CT molecular complexity index is 645. The van der Waals surface area contributed by atoms with Crippen LogP contribution in [0.3, 0.4) is 0 Å². The normalized spacial score (nSPS) is 26.5. The lowest BCUT2D eigenvalue weighted by Gasteiger charge is -2.35. The Morgan fingerprint density at radius 2 is 2.00 bits per heavy atom. The lowest BCUT2D eigenvalue weighted by molar-refractivity contribution is -0.384. The monoisotopic (exact) mass is 313 g/mol. The zero-order valence-electron chi connectivity index (χ0n) is 11.1. The van der Waals surface area contributed by atoms with Crippen LogP contribution < -0.4 is 5.32 Å². The van der Waals surface area contributed by atoms with E-state index in [2.05, 4.69) is 5.32 Å². The summed E-state index contributed by atoms with van der Waals surface area (Å²) in [5.41, 5.74) is -0.128. The summed E-state index contributed by atoms with van der Waals surface area (Å²) in [6.07, 6.45) is -0.133. The van der Waals surface area contributed by atoms with Gasteiger partial charge in [-0.1, -0.05) is 0 Å². The van der Waals surface area contributed by atoms with E-state index >= 15 is 0 Å². The molecule has 0 aromatic heterocycles. The molecule has 2 fully saturated rings. The number of nitrogens with zero attached hydrogens (tertiary/aromatic N) is 2. The van der Waals surface area contributed by atoms with Gasteiger partial charge in [-0.3, -0.25) is 10.1 Å². The molecule has 2 aliphatic rings. The van der Waals surface area contributed by atoms with Gasteiger partial charge in [0.25, 0.3) is 5.69 Å². The number of ether oxygens (including phenoxy) is 1. The molecular formula is C12H15N3O5S. The van der Waals surface area contributed by atoms with E-state index in [0.717, 1.165) is 0 Å². The molecule has 1 aromatic carbocycles. The number of nitro groups is 1.